The summed E-state index contributed by atoms with van der Waals surface area (Å²) in [6, 6.07) is 5.84. The van der Waals surface area contributed by atoms with Crippen LogP contribution in [-0.2, 0) is 13.2 Å². The zero-order valence-electron chi connectivity index (χ0n) is 10.5. The number of nitrogens with two attached hydrogens (primary N) is 1. The average molecular weight is 264 g/mol. The summed E-state index contributed by atoms with van der Waals surface area (Å²) in [6.45, 7) is 2.91. The molecule has 0 saturated carbocycles. The summed E-state index contributed by atoms with van der Waals surface area (Å²) in [5.41, 5.74) is 7.55. The molecular weight excluding hydrogens is 248 g/mol. The summed E-state index contributed by atoms with van der Waals surface area (Å²) in [5, 5.41) is 2.88. The highest BCUT2D eigenvalue weighted by molar-refractivity contribution is 7.09. The highest BCUT2D eigenvalue weighted by atomic mass is 32.1. The fourth-order valence-corrected chi connectivity index (χ4v) is 2.21. The molecule has 0 radical (unpaired) electrons. The molecule has 0 saturated heterocycles. The van der Waals surface area contributed by atoms with Crippen LogP contribution in [-0.4, -0.2) is 12.1 Å². The van der Waals surface area contributed by atoms with E-state index in [1.54, 1.807) is 18.4 Å². The fourth-order valence-electron chi connectivity index (χ4n) is 1.55. The molecule has 0 amide bonds. The number of nitrogens with zero attached hydrogens (tertiary/aromatic N) is 1. The van der Waals surface area contributed by atoms with Gasteiger partial charge in [0.1, 0.15) is 11.6 Å². The van der Waals surface area contributed by atoms with Crippen LogP contribution in [0.15, 0.2) is 23.6 Å². The molecule has 0 aliphatic carbocycles. The molecule has 1 heterocycles. The molecular formula is C13H16N2O2S. The van der Waals surface area contributed by atoms with Gasteiger partial charge in [0.25, 0.3) is 0 Å². The number of benzene rings is 1. The monoisotopic (exact) mass is 264 g/mol. The molecule has 0 fully saturated rings. The normalized spacial score (nSPS) is 10.4. The second kappa shape index (κ2) is 5.84. The number of methoxy groups -OCH3 is 1. The molecule has 0 unspecified atom stereocenters. The number of aromatic nitrogens is 1. The first-order valence-corrected chi connectivity index (χ1v) is 6.51. The Balaban J connectivity index is 2.05. The van der Waals surface area contributed by atoms with Crippen molar-refractivity contribution in [1.82, 2.24) is 4.98 Å². The van der Waals surface area contributed by atoms with Gasteiger partial charge in [-0.3, -0.25) is 0 Å². The SMILES string of the molecule is COc1cc(C)ccc1OCc1csc(CN)n1. The minimum absolute atomic E-state index is 0.427. The second-order valence-electron chi connectivity index (χ2n) is 3.88. The first-order valence-electron chi connectivity index (χ1n) is 5.63. The number of thiazole rings is 1. The summed E-state index contributed by atoms with van der Waals surface area (Å²) in [6.07, 6.45) is 0. The summed E-state index contributed by atoms with van der Waals surface area (Å²) in [4.78, 5) is 4.34. The lowest BCUT2D eigenvalue weighted by molar-refractivity contribution is 0.281. The predicted octanol–water partition coefficient (Wildman–Crippen LogP) is 2.50. The van der Waals surface area contributed by atoms with Gasteiger partial charge in [0.05, 0.1) is 12.8 Å². The maximum atomic E-state index is 5.71. The zero-order chi connectivity index (χ0) is 13.0. The standard InChI is InChI=1S/C13H16N2O2S/c1-9-3-4-11(12(5-9)16-2)17-7-10-8-18-13(6-14)15-10/h3-5,8H,6-7,14H2,1-2H3. The van der Waals surface area contributed by atoms with Crippen LogP contribution in [0.1, 0.15) is 16.3 Å². The Hall–Kier alpha value is -1.59. The lowest BCUT2D eigenvalue weighted by Gasteiger charge is -2.10. The Morgan fingerprint density at radius 3 is 2.83 bits per heavy atom. The molecule has 5 heteroatoms. The van der Waals surface area contributed by atoms with Crippen LogP contribution >= 0.6 is 11.3 Å². The molecule has 96 valence electrons. The third-order valence-electron chi connectivity index (χ3n) is 2.47. The van der Waals surface area contributed by atoms with Gasteiger partial charge >= 0.3 is 0 Å². The third-order valence-corrected chi connectivity index (χ3v) is 3.39. The lowest BCUT2D eigenvalue weighted by atomic mass is 10.2. The van der Waals surface area contributed by atoms with Gasteiger partial charge in [-0.15, -0.1) is 11.3 Å². The van der Waals surface area contributed by atoms with Crippen LogP contribution < -0.4 is 15.2 Å². The summed E-state index contributed by atoms with van der Waals surface area (Å²) in [7, 11) is 1.64. The van der Waals surface area contributed by atoms with E-state index in [2.05, 4.69) is 4.98 Å². The predicted molar refractivity (Wildman–Crippen MR) is 72.1 cm³/mol. The second-order valence-corrected chi connectivity index (χ2v) is 4.82. The van der Waals surface area contributed by atoms with Gasteiger partial charge in [-0.25, -0.2) is 4.98 Å². The summed E-state index contributed by atoms with van der Waals surface area (Å²) >= 11 is 1.55. The van der Waals surface area contributed by atoms with Crippen LogP contribution in [0.4, 0.5) is 0 Å². The molecule has 2 aromatic rings. The number of hydrogen-bond acceptors (Lipinski definition) is 5. The largest absolute Gasteiger partial charge is 0.493 e. The van der Waals surface area contributed by atoms with Crippen LogP contribution in [0.3, 0.4) is 0 Å². The van der Waals surface area contributed by atoms with E-state index >= 15 is 0 Å². The Labute approximate surface area is 110 Å². The fraction of sp³-hybridized carbons (Fsp3) is 0.308. The van der Waals surface area contributed by atoms with Crippen LogP contribution in [0.2, 0.25) is 0 Å². The molecule has 1 aromatic heterocycles. The molecule has 0 atom stereocenters. The van der Waals surface area contributed by atoms with Crippen molar-refractivity contribution in [3.63, 3.8) is 0 Å². The van der Waals surface area contributed by atoms with Crippen molar-refractivity contribution in [2.45, 2.75) is 20.1 Å². The smallest absolute Gasteiger partial charge is 0.161 e. The van der Waals surface area contributed by atoms with Crippen molar-refractivity contribution in [2.24, 2.45) is 5.73 Å². The number of aryl methyl sites for hydroxylation is 1. The van der Waals surface area contributed by atoms with Crippen molar-refractivity contribution in [1.29, 1.82) is 0 Å². The third kappa shape index (κ3) is 3.00. The molecule has 0 aliphatic rings. The zero-order valence-corrected chi connectivity index (χ0v) is 11.3. The minimum Gasteiger partial charge on any atom is -0.493 e. The van der Waals surface area contributed by atoms with E-state index in [1.807, 2.05) is 30.5 Å². The van der Waals surface area contributed by atoms with Gasteiger partial charge in [0.2, 0.25) is 0 Å². The van der Waals surface area contributed by atoms with E-state index in [4.69, 9.17) is 15.2 Å². The maximum absolute atomic E-state index is 5.71. The topological polar surface area (TPSA) is 57.4 Å². The van der Waals surface area contributed by atoms with Gasteiger partial charge in [-0.05, 0) is 24.6 Å². The lowest BCUT2D eigenvalue weighted by Crippen LogP contribution is -2.00. The molecule has 0 bridgehead atoms. The van der Waals surface area contributed by atoms with Crippen molar-refractivity contribution in [2.75, 3.05) is 7.11 Å². The Bertz CT molecular complexity index is 525. The molecule has 2 rings (SSSR count). The molecule has 0 spiro atoms. The van der Waals surface area contributed by atoms with Gasteiger partial charge < -0.3 is 15.2 Å². The quantitative estimate of drug-likeness (QED) is 0.901. The summed E-state index contributed by atoms with van der Waals surface area (Å²) < 4.78 is 11.0. The van der Waals surface area contributed by atoms with E-state index in [9.17, 15) is 0 Å². The van der Waals surface area contributed by atoms with E-state index in [0.717, 1.165) is 27.8 Å². The molecule has 4 nitrogen and oxygen atoms in total. The highest BCUT2D eigenvalue weighted by Crippen LogP contribution is 2.28. The molecule has 18 heavy (non-hydrogen) atoms. The molecule has 0 aliphatic heterocycles. The van der Waals surface area contributed by atoms with Crippen molar-refractivity contribution in [3.8, 4) is 11.5 Å². The van der Waals surface area contributed by atoms with Gasteiger partial charge in [-0.2, -0.15) is 0 Å². The van der Waals surface area contributed by atoms with Crippen molar-refractivity contribution in [3.05, 3.63) is 39.8 Å². The van der Waals surface area contributed by atoms with Crippen molar-refractivity contribution < 1.29 is 9.47 Å². The van der Waals surface area contributed by atoms with E-state index in [-0.39, 0.29) is 0 Å². The van der Waals surface area contributed by atoms with E-state index < -0.39 is 0 Å². The number of hydrogen-bond donors (Lipinski definition) is 1. The number of ether oxygens (including phenoxy) is 2. The van der Waals surface area contributed by atoms with E-state index in [0.29, 0.717) is 13.2 Å². The number of rotatable bonds is 5. The Morgan fingerprint density at radius 1 is 1.33 bits per heavy atom. The average Bonchev–Trinajstić information content (AvgIpc) is 2.85. The van der Waals surface area contributed by atoms with Gasteiger partial charge in [-0.1, -0.05) is 6.07 Å². The Kier molecular flexibility index (Phi) is 4.17. The highest BCUT2D eigenvalue weighted by Gasteiger charge is 2.06. The Morgan fingerprint density at radius 2 is 2.17 bits per heavy atom. The van der Waals surface area contributed by atoms with Crippen molar-refractivity contribution >= 4 is 11.3 Å². The minimum atomic E-state index is 0.427. The molecule has 1 aromatic carbocycles. The van der Waals surface area contributed by atoms with Gasteiger partial charge in [0.15, 0.2) is 11.5 Å². The van der Waals surface area contributed by atoms with Crippen LogP contribution in [0.5, 0.6) is 11.5 Å². The van der Waals surface area contributed by atoms with Gasteiger partial charge in [0, 0.05) is 11.9 Å². The first kappa shape index (κ1) is 12.9. The first-order chi connectivity index (χ1) is 8.72. The van der Waals surface area contributed by atoms with Crippen LogP contribution in [0.25, 0.3) is 0 Å². The maximum Gasteiger partial charge on any atom is 0.161 e. The summed E-state index contributed by atoms with van der Waals surface area (Å²) in [5.74, 6) is 1.47. The van der Waals surface area contributed by atoms with Crippen LogP contribution in [0, 0.1) is 6.92 Å². The van der Waals surface area contributed by atoms with E-state index in [1.165, 1.54) is 0 Å². The molecule has 2 N–H and O–H groups in total.